The summed E-state index contributed by atoms with van der Waals surface area (Å²) in [5.74, 6) is 0.385. The van der Waals surface area contributed by atoms with Gasteiger partial charge in [0.05, 0.1) is 24.2 Å². The molecule has 3 heterocycles. The molecule has 1 unspecified atom stereocenters. The molecule has 1 fully saturated rings. The minimum atomic E-state index is -4.98. The van der Waals surface area contributed by atoms with E-state index in [4.69, 9.17) is 4.74 Å². The van der Waals surface area contributed by atoms with Crippen molar-refractivity contribution in [3.05, 3.63) is 99.6 Å². The normalized spacial score (nSPS) is 17.1. The first kappa shape index (κ1) is 37.0. The Morgan fingerprint density at radius 3 is 2.17 bits per heavy atom. The number of alkyl halides is 6. The third-order valence-corrected chi connectivity index (χ3v) is 9.74. The molecule has 1 amide bonds. The lowest BCUT2D eigenvalue weighted by Gasteiger charge is -2.37. The number of hydrogen-bond donors (Lipinski definition) is 0. The highest BCUT2D eigenvalue weighted by molar-refractivity contribution is 5.68. The number of likely N-dealkylation sites (tertiary alicyclic amines) is 1. The largest absolute Gasteiger partial charge is 0.445 e. The number of carbonyl (C=O) groups is 1. The fourth-order valence-electron chi connectivity index (χ4n) is 7.36. The molecule has 3 aromatic carbocycles. The van der Waals surface area contributed by atoms with E-state index in [1.807, 2.05) is 50.2 Å². The Labute approximate surface area is 298 Å². The number of nitrogens with zero attached hydrogens (tertiary/aromatic N) is 7. The SMILES string of the molecule is Cc1cc(C)c2c(c1)C(N(Cc1cc(C(F)(F)F)cc(C(F)(F)F)c1)c1nnn(C)n1)CCCN2CC1CCN(C(=O)OCc2ccccc2)CC1. The predicted molar refractivity (Wildman–Crippen MR) is 182 cm³/mol. The molecule has 15 heteroatoms. The molecule has 2 aliphatic heterocycles. The summed E-state index contributed by atoms with van der Waals surface area (Å²) in [5.41, 5.74) is 1.85. The number of hydrogen-bond acceptors (Lipinski definition) is 7. The number of carbonyl (C=O) groups excluding carboxylic acids is 1. The number of amides is 1. The van der Waals surface area contributed by atoms with E-state index in [-0.39, 0.29) is 42.7 Å². The first-order valence-electron chi connectivity index (χ1n) is 17.3. The Balaban J connectivity index is 1.26. The Morgan fingerprint density at radius 2 is 1.56 bits per heavy atom. The van der Waals surface area contributed by atoms with E-state index in [9.17, 15) is 31.1 Å². The van der Waals surface area contributed by atoms with E-state index in [1.54, 1.807) is 16.8 Å². The topological polar surface area (TPSA) is 79.6 Å². The number of aromatic nitrogens is 4. The van der Waals surface area contributed by atoms with Crippen molar-refractivity contribution in [3.63, 3.8) is 0 Å². The number of ether oxygens (including phenoxy) is 1. The summed E-state index contributed by atoms with van der Waals surface area (Å²) >= 11 is 0. The van der Waals surface area contributed by atoms with E-state index in [0.717, 1.165) is 59.5 Å². The van der Waals surface area contributed by atoms with Crippen LogP contribution in [0.5, 0.6) is 0 Å². The van der Waals surface area contributed by atoms with Crippen LogP contribution in [0.1, 0.15) is 70.7 Å². The van der Waals surface area contributed by atoms with E-state index in [1.165, 1.54) is 4.80 Å². The number of fused-ring (bicyclic) bond motifs is 1. The van der Waals surface area contributed by atoms with Gasteiger partial charge in [0, 0.05) is 38.4 Å². The fourth-order valence-corrected chi connectivity index (χ4v) is 7.36. The standard InChI is InChI=1S/C37H41F6N7O2/c1-24-16-25(2)33-31(17-24)32(10-7-13-49(33)21-26-11-14-48(15-12-26)35(51)52-23-27-8-5-4-6-9-27)50(34-44-46-47(3)45-34)22-28-18-29(36(38,39)40)20-30(19-28)37(41,42)43/h4-6,8-9,16-20,26,32H,7,10-15,21-23H2,1-3H3. The van der Waals surface area contributed by atoms with Crippen LogP contribution >= 0.6 is 0 Å². The summed E-state index contributed by atoms with van der Waals surface area (Å²) in [5, 5.41) is 12.5. The van der Waals surface area contributed by atoms with Gasteiger partial charge in [-0.15, -0.1) is 5.10 Å². The molecule has 0 saturated carbocycles. The van der Waals surface area contributed by atoms with Gasteiger partial charge >= 0.3 is 18.4 Å². The van der Waals surface area contributed by atoms with E-state index in [0.29, 0.717) is 32.5 Å². The van der Waals surface area contributed by atoms with Crippen LogP contribution in [0.15, 0.2) is 60.7 Å². The van der Waals surface area contributed by atoms with Crippen LogP contribution in [0.25, 0.3) is 0 Å². The Hall–Kier alpha value is -4.82. The third kappa shape index (κ3) is 8.61. The number of anilines is 2. The second kappa shape index (κ2) is 15.0. The van der Waals surface area contributed by atoms with Crippen LogP contribution in [0.4, 0.5) is 42.8 Å². The van der Waals surface area contributed by atoms with Crippen molar-refractivity contribution in [2.24, 2.45) is 13.0 Å². The van der Waals surface area contributed by atoms with Crippen molar-refractivity contribution in [3.8, 4) is 0 Å². The van der Waals surface area contributed by atoms with Crippen molar-refractivity contribution in [2.75, 3.05) is 36.0 Å². The van der Waals surface area contributed by atoms with Gasteiger partial charge in [0.15, 0.2) is 0 Å². The molecule has 6 rings (SSSR count). The predicted octanol–water partition coefficient (Wildman–Crippen LogP) is 8.26. The quantitative estimate of drug-likeness (QED) is 0.169. The molecule has 1 atom stereocenters. The molecule has 1 aromatic heterocycles. The molecular weight excluding hydrogens is 688 g/mol. The average Bonchev–Trinajstić information content (AvgIpc) is 3.45. The van der Waals surface area contributed by atoms with Gasteiger partial charge in [0.25, 0.3) is 5.95 Å². The van der Waals surface area contributed by atoms with Crippen molar-refractivity contribution >= 4 is 17.7 Å². The molecule has 0 N–H and O–H groups in total. The van der Waals surface area contributed by atoms with Gasteiger partial charge in [-0.1, -0.05) is 53.1 Å². The summed E-state index contributed by atoms with van der Waals surface area (Å²) < 4.78 is 88.6. The second-order valence-electron chi connectivity index (χ2n) is 13.7. The minimum Gasteiger partial charge on any atom is -0.445 e. The van der Waals surface area contributed by atoms with Gasteiger partial charge in [-0.05, 0) is 91.1 Å². The fraction of sp³-hybridized carbons (Fsp3) is 0.459. The number of halogens is 6. The van der Waals surface area contributed by atoms with Gasteiger partial charge in [0.1, 0.15) is 6.61 Å². The van der Waals surface area contributed by atoms with E-state index < -0.39 is 29.5 Å². The summed E-state index contributed by atoms with van der Waals surface area (Å²) in [6.45, 7) is 6.42. The number of piperidine rings is 1. The van der Waals surface area contributed by atoms with Gasteiger partial charge in [-0.3, -0.25) is 0 Å². The monoisotopic (exact) mass is 729 g/mol. The Kier molecular flexibility index (Phi) is 10.7. The van der Waals surface area contributed by atoms with E-state index >= 15 is 0 Å². The molecule has 0 bridgehead atoms. The first-order chi connectivity index (χ1) is 24.7. The Morgan fingerprint density at radius 1 is 0.885 bits per heavy atom. The van der Waals surface area contributed by atoms with E-state index in [2.05, 4.69) is 26.4 Å². The summed E-state index contributed by atoms with van der Waals surface area (Å²) in [6.07, 6.45) is -7.49. The smallest absolute Gasteiger partial charge is 0.416 e. The minimum absolute atomic E-state index is 0.101. The number of aryl methyl sites for hydroxylation is 3. The lowest BCUT2D eigenvalue weighted by molar-refractivity contribution is -0.143. The van der Waals surface area contributed by atoms with Crippen LogP contribution in [-0.4, -0.2) is 57.4 Å². The van der Waals surface area contributed by atoms with Gasteiger partial charge in [-0.2, -0.15) is 31.1 Å². The lowest BCUT2D eigenvalue weighted by Crippen LogP contribution is -2.42. The number of benzene rings is 3. The van der Waals surface area contributed by atoms with Gasteiger partial charge in [0.2, 0.25) is 0 Å². The highest BCUT2D eigenvalue weighted by atomic mass is 19.4. The second-order valence-corrected chi connectivity index (χ2v) is 13.7. The molecule has 0 aliphatic carbocycles. The third-order valence-electron chi connectivity index (χ3n) is 9.74. The summed E-state index contributed by atoms with van der Waals surface area (Å²) in [6, 6.07) is 14.8. The molecule has 0 spiro atoms. The molecule has 0 radical (unpaired) electrons. The maximum atomic E-state index is 13.8. The molecule has 278 valence electrons. The van der Waals surface area contributed by atoms with Crippen LogP contribution in [0.3, 0.4) is 0 Å². The van der Waals surface area contributed by atoms with Crippen LogP contribution in [-0.2, 0) is 37.3 Å². The molecule has 2 aliphatic rings. The van der Waals surface area contributed by atoms with Crippen LogP contribution < -0.4 is 9.80 Å². The zero-order chi connectivity index (χ0) is 37.2. The van der Waals surface area contributed by atoms with Crippen molar-refractivity contribution in [1.29, 1.82) is 0 Å². The zero-order valence-corrected chi connectivity index (χ0v) is 29.2. The Bertz CT molecular complexity index is 1820. The molecule has 9 nitrogen and oxygen atoms in total. The van der Waals surface area contributed by atoms with Crippen LogP contribution in [0, 0.1) is 19.8 Å². The summed E-state index contributed by atoms with van der Waals surface area (Å²) in [4.78, 5) is 19.8. The summed E-state index contributed by atoms with van der Waals surface area (Å²) in [7, 11) is 1.55. The maximum Gasteiger partial charge on any atom is 0.416 e. The van der Waals surface area contributed by atoms with Gasteiger partial charge in [-0.25, -0.2) is 4.79 Å². The molecular formula is C37H41F6N7O2. The lowest BCUT2D eigenvalue weighted by atomic mass is 9.93. The van der Waals surface area contributed by atoms with Crippen molar-refractivity contribution < 1.29 is 35.9 Å². The highest BCUT2D eigenvalue weighted by Crippen LogP contribution is 2.43. The van der Waals surface area contributed by atoms with Gasteiger partial charge < -0.3 is 19.4 Å². The van der Waals surface area contributed by atoms with Crippen molar-refractivity contribution in [2.45, 2.75) is 71.1 Å². The molecule has 4 aromatic rings. The maximum absolute atomic E-state index is 13.8. The number of tetrazole rings is 1. The highest BCUT2D eigenvalue weighted by Gasteiger charge is 2.38. The molecule has 52 heavy (non-hydrogen) atoms. The molecule has 1 saturated heterocycles. The average molecular weight is 730 g/mol. The first-order valence-corrected chi connectivity index (χ1v) is 17.3. The van der Waals surface area contributed by atoms with Crippen molar-refractivity contribution in [1.82, 2.24) is 25.1 Å². The number of rotatable bonds is 8. The van der Waals surface area contributed by atoms with Crippen LogP contribution in [0.2, 0.25) is 0 Å². The zero-order valence-electron chi connectivity index (χ0n) is 29.2.